The van der Waals surface area contributed by atoms with E-state index in [-0.39, 0.29) is 0 Å². The number of rotatable bonds is 2. The Hall–Kier alpha value is -0.610. The number of carbonyl (C=O) groups is 1. The minimum absolute atomic E-state index is 0.589. The third-order valence-electron chi connectivity index (χ3n) is 4.60. The topological polar surface area (TPSA) is 52.6 Å². The van der Waals surface area contributed by atoms with Gasteiger partial charge in [-0.05, 0) is 71.1 Å². The molecular formula is C13H24N2O2. The van der Waals surface area contributed by atoms with Crippen LogP contribution in [0.4, 0.5) is 0 Å². The molecule has 2 rings (SSSR count). The number of carboxylic acids is 1. The Balaban J connectivity index is 1.95. The van der Waals surface area contributed by atoms with Crippen LogP contribution in [0.1, 0.15) is 32.6 Å². The number of nitrogens with one attached hydrogen (secondary N) is 1. The summed E-state index contributed by atoms with van der Waals surface area (Å²) in [5.74, 6) is 0.619. The summed E-state index contributed by atoms with van der Waals surface area (Å²) in [6, 6.07) is 0. The van der Waals surface area contributed by atoms with E-state index < -0.39 is 11.5 Å². The minimum Gasteiger partial charge on any atom is -0.480 e. The predicted molar refractivity (Wildman–Crippen MR) is 67.0 cm³/mol. The molecule has 2 atom stereocenters. The molecule has 2 aliphatic rings. The van der Waals surface area contributed by atoms with Gasteiger partial charge in [0.1, 0.15) is 5.54 Å². The molecule has 0 saturated carbocycles. The smallest absolute Gasteiger partial charge is 0.323 e. The SMILES string of the molecule is CN1CCC(C2CCNC(C)(C(=O)O)C2)CC1. The van der Waals surface area contributed by atoms with E-state index in [4.69, 9.17) is 0 Å². The predicted octanol–water partition coefficient (Wildman–Crippen LogP) is 1.17. The Kier molecular flexibility index (Phi) is 3.73. The zero-order chi connectivity index (χ0) is 12.5. The number of likely N-dealkylation sites (tertiary alicyclic amines) is 1. The number of hydrogen-bond donors (Lipinski definition) is 2. The van der Waals surface area contributed by atoms with Crippen LogP contribution in [0.25, 0.3) is 0 Å². The van der Waals surface area contributed by atoms with Crippen LogP contribution in [-0.2, 0) is 4.79 Å². The van der Waals surface area contributed by atoms with Gasteiger partial charge in [0.2, 0.25) is 0 Å². The molecule has 2 unspecified atom stereocenters. The van der Waals surface area contributed by atoms with Crippen LogP contribution in [-0.4, -0.2) is 48.2 Å². The van der Waals surface area contributed by atoms with Crippen molar-refractivity contribution in [2.24, 2.45) is 11.8 Å². The third-order valence-corrected chi connectivity index (χ3v) is 4.60. The molecule has 2 N–H and O–H groups in total. The average molecular weight is 240 g/mol. The van der Waals surface area contributed by atoms with Crippen LogP contribution < -0.4 is 5.32 Å². The molecule has 17 heavy (non-hydrogen) atoms. The fourth-order valence-corrected chi connectivity index (χ4v) is 3.30. The van der Waals surface area contributed by atoms with Crippen molar-refractivity contribution in [2.45, 2.75) is 38.1 Å². The summed E-state index contributed by atoms with van der Waals surface area (Å²) in [6.07, 6.45) is 4.39. The average Bonchev–Trinajstić information content (AvgIpc) is 2.30. The normalized spacial score (nSPS) is 36.9. The maximum absolute atomic E-state index is 11.3. The molecule has 0 aliphatic carbocycles. The van der Waals surface area contributed by atoms with Gasteiger partial charge in [0, 0.05) is 0 Å². The standard InChI is InChI=1S/C13H24N2O2/c1-13(12(16)17)9-11(3-6-14-13)10-4-7-15(2)8-5-10/h10-11,14H,3-9H2,1-2H3,(H,16,17). The van der Waals surface area contributed by atoms with Crippen LogP contribution in [0.5, 0.6) is 0 Å². The maximum atomic E-state index is 11.3. The van der Waals surface area contributed by atoms with Crippen molar-refractivity contribution in [3.8, 4) is 0 Å². The van der Waals surface area contributed by atoms with Crippen LogP contribution >= 0.6 is 0 Å². The van der Waals surface area contributed by atoms with Crippen LogP contribution in [0, 0.1) is 11.8 Å². The van der Waals surface area contributed by atoms with Crippen LogP contribution in [0.2, 0.25) is 0 Å². The molecule has 0 spiro atoms. The highest BCUT2D eigenvalue weighted by molar-refractivity contribution is 5.78. The molecule has 2 fully saturated rings. The highest BCUT2D eigenvalue weighted by atomic mass is 16.4. The highest BCUT2D eigenvalue weighted by Crippen LogP contribution is 2.35. The molecule has 2 saturated heterocycles. The van der Waals surface area contributed by atoms with Crippen molar-refractivity contribution < 1.29 is 9.90 Å². The van der Waals surface area contributed by atoms with Crippen molar-refractivity contribution in [3.63, 3.8) is 0 Å². The number of hydrogen-bond acceptors (Lipinski definition) is 3. The van der Waals surface area contributed by atoms with Gasteiger partial charge in [0.15, 0.2) is 0 Å². The van der Waals surface area contributed by atoms with Crippen molar-refractivity contribution in [1.82, 2.24) is 10.2 Å². The van der Waals surface area contributed by atoms with Gasteiger partial charge < -0.3 is 15.3 Å². The molecule has 0 aromatic heterocycles. The number of piperidine rings is 2. The lowest BCUT2D eigenvalue weighted by molar-refractivity contribution is -0.146. The number of aliphatic carboxylic acids is 1. The Morgan fingerprint density at radius 1 is 1.29 bits per heavy atom. The first-order valence-corrected chi connectivity index (χ1v) is 6.68. The lowest BCUT2D eigenvalue weighted by atomic mass is 9.73. The quantitative estimate of drug-likeness (QED) is 0.761. The van der Waals surface area contributed by atoms with E-state index in [1.807, 2.05) is 6.92 Å². The van der Waals surface area contributed by atoms with Gasteiger partial charge >= 0.3 is 5.97 Å². The van der Waals surface area contributed by atoms with Gasteiger partial charge in [-0.1, -0.05) is 0 Å². The van der Waals surface area contributed by atoms with Crippen molar-refractivity contribution >= 4 is 5.97 Å². The van der Waals surface area contributed by atoms with Gasteiger partial charge in [-0.15, -0.1) is 0 Å². The molecule has 0 aromatic rings. The second-order valence-electron chi connectivity index (χ2n) is 5.96. The van der Waals surface area contributed by atoms with E-state index >= 15 is 0 Å². The zero-order valence-corrected chi connectivity index (χ0v) is 10.9. The minimum atomic E-state index is -0.702. The van der Waals surface area contributed by atoms with Gasteiger partial charge in [0.25, 0.3) is 0 Å². The summed E-state index contributed by atoms with van der Waals surface area (Å²) in [5, 5.41) is 12.4. The molecule has 0 amide bonds. The third kappa shape index (κ3) is 2.80. The molecule has 2 heterocycles. The lowest BCUT2D eigenvalue weighted by Gasteiger charge is -2.42. The summed E-state index contributed by atoms with van der Waals surface area (Å²) in [5.41, 5.74) is -0.702. The molecule has 0 aromatic carbocycles. The second kappa shape index (κ2) is 4.94. The van der Waals surface area contributed by atoms with E-state index in [1.165, 1.54) is 25.9 Å². The molecule has 4 nitrogen and oxygen atoms in total. The van der Waals surface area contributed by atoms with Crippen LogP contribution in [0.15, 0.2) is 0 Å². The lowest BCUT2D eigenvalue weighted by Crippen LogP contribution is -2.55. The summed E-state index contributed by atoms with van der Waals surface area (Å²) < 4.78 is 0. The van der Waals surface area contributed by atoms with E-state index in [0.29, 0.717) is 5.92 Å². The molecule has 0 radical (unpaired) electrons. The monoisotopic (exact) mass is 240 g/mol. The fourth-order valence-electron chi connectivity index (χ4n) is 3.30. The zero-order valence-electron chi connectivity index (χ0n) is 10.9. The molecule has 2 aliphatic heterocycles. The Morgan fingerprint density at radius 3 is 2.53 bits per heavy atom. The first kappa shape index (κ1) is 12.8. The molecule has 0 bridgehead atoms. The second-order valence-corrected chi connectivity index (χ2v) is 5.96. The van der Waals surface area contributed by atoms with Crippen molar-refractivity contribution in [2.75, 3.05) is 26.7 Å². The van der Waals surface area contributed by atoms with Gasteiger partial charge in [-0.3, -0.25) is 4.79 Å². The van der Waals surface area contributed by atoms with E-state index in [9.17, 15) is 9.90 Å². The Labute approximate surface area is 103 Å². The largest absolute Gasteiger partial charge is 0.480 e. The van der Waals surface area contributed by atoms with Crippen molar-refractivity contribution in [3.05, 3.63) is 0 Å². The van der Waals surface area contributed by atoms with Gasteiger partial charge in [-0.25, -0.2) is 0 Å². The summed E-state index contributed by atoms with van der Waals surface area (Å²) in [6.45, 7) is 5.01. The molecule has 4 heteroatoms. The van der Waals surface area contributed by atoms with E-state index in [1.54, 1.807) is 0 Å². The van der Waals surface area contributed by atoms with Crippen molar-refractivity contribution in [1.29, 1.82) is 0 Å². The van der Waals surface area contributed by atoms with E-state index in [0.717, 1.165) is 25.3 Å². The fraction of sp³-hybridized carbons (Fsp3) is 0.923. The highest BCUT2D eigenvalue weighted by Gasteiger charge is 2.41. The Morgan fingerprint density at radius 2 is 1.94 bits per heavy atom. The first-order valence-electron chi connectivity index (χ1n) is 6.68. The maximum Gasteiger partial charge on any atom is 0.323 e. The van der Waals surface area contributed by atoms with Crippen LogP contribution in [0.3, 0.4) is 0 Å². The molecular weight excluding hydrogens is 216 g/mol. The summed E-state index contributed by atoms with van der Waals surface area (Å²) in [7, 11) is 2.17. The number of nitrogens with zero attached hydrogens (tertiary/aromatic N) is 1. The molecule has 98 valence electrons. The first-order chi connectivity index (χ1) is 8.01. The van der Waals surface area contributed by atoms with Gasteiger partial charge in [-0.2, -0.15) is 0 Å². The van der Waals surface area contributed by atoms with Gasteiger partial charge in [0.05, 0.1) is 0 Å². The number of carboxylic acid groups (broad SMARTS) is 1. The van der Waals surface area contributed by atoms with E-state index in [2.05, 4.69) is 17.3 Å². The Bertz CT molecular complexity index is 287. The summed E-state index contributed by atoms with van der Waals surface area (Å²) >= 11 is 0. The summed E-state index contributed by atoms with van der Waals surface area (Å²) in [4.78, 5) is 13.7.